The molecule has 4 aromatic rings. The van der Waals surface area contributed by atoms with Crippen molar-refractivity contribution in [3.8, 4) is 22.8 Å². The summed E-state index contributed by atoms with van der Waals surface area (Å²) in [5.41, 5.74) is 0.183. The van der Waals surface area contributed by atoms with Gasteiger partial charge in [0.2, 0.25) is 15.9 Å². The number of methoxy groups -OCH3 is 1. The summed E-state index contributed by atoms with van der Waals surface area (Å²) in [4.78, 5) is 58.4. The number of nitrogens with zero attached hydrogens (tertiary/aromatic N) is 3. The van der Waals surface area contributed by atoms with Gasteiger partial charge in [-0.15, -0.1) is 6.58 Å². The number of amides is 3. The van der Waals surface area contributed by atoms with E-state index in [-0.39, 0.29) is 25.1 Å². The van der Waals surface area contributed by atoms with Crippen LogP contribution in [0.4, 0.5) is 4.79 Å². The lowest BCUT2D eigenvalue weighted by atomic mass is 9.87. The van der Waals surface area contributed by atoms with Crippen molar-refractivity contribution in [2.24, 2.45) is 11.3 Å². The highest BCUT2D eigenvalue weighted by Crippen LogP contribution is 2.46. The number of nitrogens with one attached hydrogen (secondary N) is 2. The van der Waals surface area contributed by atoms with Gasteiger partial charge in [0.1, 0.15) is 46.9 Å². The second-order valence-electron chi connectivity index (χ2n) is 15.4. The maximum absolute atomic E-state index is 14.4. The average Bonchev–Trinajstić information content (AvgIpc) is 4.05. The highest BCUT2D eigenvalue weighted by atomic mass is 32.2. The third-order valence-corrected chi connectivity index (χ3v) is 12.3. The quantitative estimate of drug-likeness (QED) is 0.126. The van der Waals surface area contributed by atoms with Gasteiger partial charge in [0.25, 0.3) is 5.91 Å². The first-order valence-corrected chi connectivity index (χ1v) is 19.5. The fourth-order valence-corrected chi connectivity index (χ4v) is 8.58. The zero-order chi connectivity index (χ0) is 39.4. The molecule has 1 saturated heterocycles. The number of furan rings is 1. The molecule has 55 heavy (non-hydrogen) atoms. The van der Waals surface area contributed by atoms with Gasteiger partial charge in [0.15, 0.2) is 11.3 Å². The molecule has 1 aliphatic heterocycles. The van der Waals surface area contributed by atoms with Crippen molar-refractivity contribution in [1.82, 2.24) is 25.0 Å². The van der Waals surface area contributed by atoms with Crippen molar-refractivity contribution in [2.45, 2.75) is 75.4 Å². The maximum Gasteiger partial charge on any atom is 0.422 e. The van der Waals surface area contributed by atoms with E-state index in [0.717, 1.165) is 10.6 Å². The number of aldehydes is 1. The Morgan fingerprint density at radius 1 is 1.15 bits per heavy atom. The smallest absolute Gasteiger partial charge is 0.422 e. The van der Waals surface area contributed by atoms with E-state index in [9.17, 15) is 32.7 Å². The number of hydrazine groups is 1. The van der Waals surface area contributed by atoms with Crippen molar-refractivity contribution in [3.05, 3.63) is 67.3 Å². The van der Waals surface area contributed by atoms with E-state index in [2.05, 4.69) is 16.6 Å². The molecule has 5 atom stereocenters. The lowest BCUT2D eigenvalue weighted by molar-refractivity contribution is -0.143. The first-order chi connectivity index (χ1) is 26.1. The Morgan fingerprint density at radius 3 is 2.47 bits per heavy atom. The summed E-state index contributed by atoms with van der Waals surface area (Å²) in [6.07, 6.45) is 0.531. The predicted molar refractivity (Wildman–Crippen MR) is 201 cm³/mol. The van der Waals surface area contributed by atoms with E-state index in [1.165, 1.54) is 11.1 Å². The lowest BCUT2D eigenvalue weighted by Crippen LogP contribution is -2.62. The number of rotatable bonds is 13. The first-order valence-electron chi connectivity index (χ1n) is 18.0. The van der Waals surface area contributed by atoms with Crippen molar-refractivity contribution in [2.75, 3.05) is 13.7 Å². The average molecular weight is 774 g/mol. The molecular formula is C39H43N5O10S. The minimum atomic E-state index is -3.94. The fourth-order valence-electron chi connectivity index (χ4n) is 7.22. The summed E-state index contributed by atoms with van der Waals surface area (Å²) < 4.78 is 46.0. The molecule has 3 N–H and O–H groups in total. The fraction of sp³-hybridized carbons (Fsp3) is 0.410. The van der Waals surface area contributed by atoms with Crippen LogP contribution in [0.1, 0.15) is 46.5 Å². The van der Waals surface area contributed by atoms with Crippen LogP contribution in [0, 0.1) is 11.3 Å². The maximum atomic E-state index is 14.4. The highest BCUT2D eigenvalue weighted by molar-refractivity contribution is 7.91. The summed E-state index contributed by atoms with van der Waals surface area (Å²) in [5.74, 6) is -1.34. The molecule has 3 heterocycles. The number of ether oxygens (including phenoxy) is 2. The Hall–Kier alpha value is -5.48. The molecule has 7 rings (SSSR count). The standard InChI is InChI=1S/C39H43N5O10S/c1-6-23-19-39(23,36(47)42-55(50,51)26-13-14-26)41-35(46)29-17-25(20-43(29)44(37(48)49)32(21-45)38(2,3)4)53-31-18-28(22-10-8-7-9-11-22)40-33-27-16-24(52-5)12-15-30(27)54-34(31)33/h6-12,15-16,18,21,23,25-26,29,32H,1,13-14,17,19-20H2,2-5H3,(H,41,46)(H,42,47)(H,48,49)/t23-,25-,29+,32-,39-/m1/s1. The molecule has 0 unspecified atom stereocenters. The first kappa shape index (κ1) is 37.8. The monoisotopic (exact) mass is 773 g/mol. The molecule has 0 bridgehead atoms. The van der Waals surface area contributed by atoms with Crippen LogP contribution < -0.4 is 19.5 Å². The molecule has 2 aliphatic carbocycles. The summed E-state index contributed by atoms with van der Waals surface area (Å²) >= 11 is 0. The molecule has 2 aromatic carbocycles. The third-order valence-electron chi connectivity index (χ3n) is 10.5. The number of aromatic nitrogens is 1. The molecule has 3 amide bonds. The molecule has 15 nitrogen and oxygen atoms in total. The highest BCUT2D eigenvalue weighted by Gasteiger charge is 2.62. The zero-order valence-corrected chi connectivity index (χ0v) is 31.7. The second-order valence-corrected chi connectivity index (χ2v) is 17.3. The number of carbonyl (C=O) groups excluding carboxylic acids is 3. The molecule has 0 spiro atoms. The van der Waals surface area contributed by atoms with Gasteiger partial charge >= 0.3 is 6.09 Å². The van der Waals surface area contributed by atoms with E-state index in [1.807, 2.05) is 30.3 Å². The molecule has 3 fully saturated rings. The molecule has 0 radical (unpaired) electrons. The van der Waals surface area contributed by atoms with Crippen molar-refractivity contribution >= 4 is 56.3 Å². The van der Waals surface area contributed by atoms with Crippen LogP contribution in [-0.4, -0.2) is 95.4 Å². The molecule has 290 valence electrons. The van der Waals surface area contributed by atoms with Gasteiger partial charge < -0.3 is 29.1 Å². The van der Waals surface area contributed by atoms with E-state index < -0.39 is 68.2 Å². The van der Waals surface area contributed by atoms with Crippen molar-refractivity contribution < 1.29 is 46.6 Å². The van der Waals surface area contributed by atoms with Crippen LogP contribution in [0.25, 0.3) is 33.3 Å². The number of hydrogen-bond acceptors (Lipinski definition) is 11. The van der Waals surface area contributed by atoms with Gasteiger partial charge in [0.05, 0.1) is 30.0 Å². The van der Waals surface area contributed by atoms with Gasteiger partial charge in [-0.3, -0.25) is 14.3 Å². The van der Waals surface area contributed by atoms with Gasteiger partial charge in [-0.2, -0.15) is 5.01 Å². The van der Waals surface area contributed by atoms with E-state index >= 15 is 0 Å². The Labute approximate surface area is 317 Å². The molecule has 2 saturated carbocycles. The normalized spacial score (nSPS) is 23.2. The number of hydrogen-bond donors (Lipinski definition) is 3. The zero-order valence-electron chi connectivity index (χ0n) is 30.9. The van der Waals surface area contributed by atoms with E-state index in [0.29, 0.717) is 52.6 Å². The topological polar surface area (TPSA) is 198 Å². The molecular weight excluding hydrogens is 731 g/mol. The largest absolute Gasteiger partial charge is 0.497 e. The van der Waals surface area contributed by atoms with Crippen LogP contribution in [0.5, 0.6) is 11.5 Å². The summed E-state index contributed by atoms with van der Waals surface area (Å²) in [5, 5.41) is 15.4. The lowest BCUT2D eigenvalue weighted by Gasteiger charge is -2.41. The predicted octanol–water partition coefficient (Wildman–Crippen LogP) is 4.66. The number of pyridine rings is 1. The number of carbonyl (C=O) groups is 4. The number of fused-ring (bicyclic) bond motifs is 3. The van der Waals surface area contributed by atoms with Gasteiger partial charge in [-0.05, 0) is 42.9 Å². The van der Waals surface area contributed by atoms with Crippen LogP contribution in [0.15, 0.2) is 71.7 Å². The van der Waals surface area contributed by atoms with Gasteiger partial charge in [0, 0.05) is 24.0 Å². The van der Waals surface area contributed by atoms with Crippen molar-refractivity contribution in [3.63, 3.8) is 0 Å². The number of benzene rings is 2. The minimum absolute atomic E-state index is 0.0826. The Morgan fingerprint density at radius 2 is 1.87 bits per heavy atom. The van der Waals surface area contributed by atoms with Crippen molar-refractivity contribution in [1.29, 1.82) is 0 Å². The van der Waals surface area contributed by atoms with Gasteiger partial charge in [-0.1, -0.05) is 57.2 Å². The minimum Gasteiger partial charge on any atom is -0.497 e. The van der Waals surface area contributed by atoms with Crippen LogP contribution >= 0.6 is 0 Å². The number of sulfonamides is 1. The second kappa shape index (κ2) is 14.0. The Balaban J connectivity index is 1.27. The van der Waals surface area contributed by atoms with E-state index in [4.69, 9.17) is 18.9 Å². The Bertz CT molecular complexity index is 2300. The Kier molecular flexibility index (Phi) is 9.62. The van der Waals surface area contributed by atoms with Crippen LogP contribution in [0.3, 0.4) is 0 Å². The molecule has 16 heteroatoms. The van der Waals surface area contributed by atoms with Crippen LogP contribution in [-0.2, 0) is 24.4 Å². The molecule has 3 aliphatic rings. The number of carboxylic acid groups (broad SMARTS) is 1. The van der Waals surface area contributed by atoms with Crippen LogP contribution in [0.2, 0.25) is 0 Å². The summed E-state index contributed by atoms with van der Waals surface area (Å²) in [7, 11) is -2.39. The summed E-state index contributed by atoms with van der Waals surface area (Å²) in [6, 6.07) is 14.0. The van der Waals surface area contributed by atoms with E-state index in [1.54, 1.807) is 52.1 Å². The van der Waals surface area contributed by atoms with Gasteiger partial charge in [-0.25, -0.2) is 23.2 Å². The third kappa shape index (κ3) is 7.11. The SMILES string of the molecule is C=C[C@@H]1C[C@]1(NC(=O)[C@@H]1C[C@@H](Oc2cc(-c3ccccc3)nc3c2oc2ccc(OC)cc23)CN1N(C(=O)O)[C@H](C=O)C(C)(C)C)C(=O)NS(=O)(=O)C1CC1. The molecule has 2 aromatic heterocycles. The summed E-state index contributed by atoms with van der Waals surface area (Å²) in [6.45, 7) is 8.70.